The molecule has 1 fully saturated rings. The van der Waals surface area contributed by atoms with Crippen molar-refractivity contribution in [2.24, 2.45) is 0 Å². The topological polar surface area (TPSA) is 126 Å². The Labute approximate surface area is 167 Å². The molecule has 28 heavy (non-hydrogen) atoms. The van der Waals surface area contributed by atoms with Gasteiger partial charge in [-0.2, -0.15) is 0 Å². The number of thioether (sulfide) groups is 1. The minimum absolute atomic E-state index is 0.214. The standard InChI is InChI=1S/C17H15N3O6S2/c1-26-11-5-3-2-4-10(11)20-15(24)12(28-17(20)25)7-13(21)19-16-18-9(8-27-16)6-14(22)23/h2-5,8,12H,6-7H2,1H3,(H,22,23)(H,18,19,21). The molecule has 1 aliphatic heterocycles. The number of nitrogens with one attached hydrogen (secondary N) is 1. The van der Waals surface area contributed by atoms with E-state index in [1.807, 2.05) is 0 Å². The highest BCUT2D eigenvalue weighted by Gasteiger charge is 2.42. The number of carbonyl (C=O) groups excluding carboxylic acids is 3. The number of amides is 3. The van der Waals surface area contributed by atoms with Crippen LogP contribution in [-0.2, 0) is 20.8 Å². The van der Waals surface area contributed by atoms with Crippen LogP contribution in [-0.4, -0.2) is 45.5 Å². The van der Waals surface area contributed by atoms with Crippen LogP contribution in [0, 0.1) is 0 Å². The van der Waals surface area contributed by atoms with Gasteiger partial charge < -0.3 is 15.2 Å². The maximum absolute atomic E-state index is 12.7. The number of aliphatic carboxylic acids is 1. The molecule has 2 heterocycles. The Balaban J connectivity index is 1.66. The monoisotopic (exact) mass is 421 g/mol. The van der Waals surface area contributed by atoms with Crippen molar-refractivity contribution in [3.63, 3.8) is 0 Å². The molecule has 1 aromatic carbocycles. The summed E-state index contributed by atoms with van der Waals surface area (Å²) in [5.74, 6) is -1.63. The average molecular weight is 421 g/mol. The molecule has 1 atom stereocenters. The first-order valence-corrected chi connectivity index (χ1v) is 9.78. The number of hydrogen-bond acceptors (Lipinski definition) is 8. The van der Waals surface area contributed by atoms with E-state index in [0.717, 1.165) is 28.0 Å². The molecule has 0 bridgehead atoms. The third kappa shape index (κ3) is 4.31. The molecule has 1 aliphatic rings. The number of carboxylic acids is 1. The zero-order valence-electron chi connectivity index (χ0n) is 14.6. The Morgan fingerprint density at radius 3 is 2.79 bits per heavy atom. The van der Waals surface area contributed by atoms with Crippen LogP contribution in [0.4, 0.5) is 15.6 Å². The van der Waals surface area contributed by atoms with Crippen LogP contribution in [0.15, 0.2) is 29.6 Å². The molecule has 1 unspecified atom stereocenters. The molecule has 1 saturated heterocycles. The second-order valence-electron chi connectivity index (χ2n) is 5.68. The first-order chi connectivity index (χ1) is 13.4. The maximum atomic E-state index is 12.7. The quantitative estimate of drug-likeness (QED) is 0.698. The largest absolute Gasteiger partial charge is 0.495 e. The lowest BCUT2D eigenvalue weighted by atomic mass is 10.2. The molecular formula is C17H15N3O6S2. The number of anilines is 2. The van der Waals surface area contributed by atoms with Gasteiger partial charge >= 0.3 is 5.97 Å². The van der Waals surface area contributed by atoms with Gasteiger partial charge in [-0.05, 0) is 23.9 Å². The minimum Gasteiger partial charge on any atom is -0.495 e. The molecule has 3 amide bonds. The van der Waals surface area contributed by atoms with E-state index in [1.165, 1.54) is 12.5 Å². The van der Waals surface area contributed by atoms with Crippen LogP contribution < -0.4 is 15.0 Å². The Bertz CT molecular complexity index is 944. The van der Waals surface area contributed by atoms with E-state index in [1.54, 1.807) is 24.3 Å². The van der Waals surface area contributed by atoms with Crippen molar-refractivity contribution >= 4 is 56.9 Å². The Morgan fingerprint density at radius 1 is 1.32 bits per heavy atom. The van der Waals surface area contributed by atoms with E-state index in [0.29, 0.717) is 17.1 Å². The molecule has 0 spiro atoms. The van der Waals surface area contributed by atoms with Gasteiger partial charge in [0.15, 0.2) is 5.13 Å². The fourth-order valence-electron chi connectivity index (χ4n) is 2.56. The fourth-order valence-corrected chi connectivity index (χ4v) is 4.26. The van der Waals surface area contributed by atoms with Crippen molar-refractivity contribution in [2.45, 2.75) is 18.1 Å². The molecule has 0 aliphatic carbocycles. The molecule has 146 valence electrons. The Morgan fingerprint density at radius 2 is 2.07 bits per heavy atom. The zero-order valence-corrected chi connectivity index (χ0v) is 16.2. The molecule has 2 N–H and O–H groups in total. The number of nitrogens with zero attached hydrogens (tertiary/aromatic N) is 2. The fraction of sp³-hybridized carbons (Fsp3) is 0.235. The van der Waals surface area contributed by atoms with Gasteiger partial charge in [0.25, 0.3) is 5.24 Å². The summed E-state index contributed by atoms with van der Waals surface area (Å²) in [5, 5.41) is 11.7. The molecule has 3 rings (SSSR count). The van der Waals surface area contributed by atoms with Crippen molar-refractivity contribution in [3.05, 3.63) is 35.3 Å². The number of rotatable bonds is 7. The number of para-hydroxylation sites is 2. The number of imide groups is 1. The first kappa shape index (κ1) is 19.8. The van der Waals surface area contributed by atoms with Crippen molar-refractivity contribution in [3.8, 4) is 5.75 Å². The van der Waals surface area contributed by atoms with Gasteiger partial charge in [-0.3, -0.25) is 19.2 Å². The second-order valence-corrected chi connectivity index (χ2v) is 7.70. The number of benzene rings is 1. The number of hydrogen-bond donors (Lipinski definition) is 2. The Kier molecular flexibility index (Phi) is 5.95. The summed E-state index contributed by atoms with van der Waals surface area (Å²) in [6.07, 6.45) is -0.458. The van der Waals surface area contributed by atoms with Crippen LogP contribution in [0.5, 0.6) is 5.75 Å². The summed E-state index contributed by atoms with van der Waals surface area (Å²) in [7, 11) is 1.44. The highest BCUT2D eigenvalue weighted by Crippen LogP contribution is 2.38. The van der Waals surface area contributed by atoms with E-state index in [9.17, 15) is 19.2 Å². The van der Waals surface area contributed by atoms with Crippen molar-refractivity contribution in [1.29, 1.82) is 0 Å². The van der Waals surface area contributed by atoms with Crippen LogP contribution in [0.2, 0.25) is 0 Å². The van der Waals surface area contributed by atoms with Gasteiger partial charge in [0.1, 0.15) is 11.0 Å². The number of carboxylic acid groups (broad SMARTS) is 1. The maximum Gasteiger partial charge on any atom is 0.309 e. The lowest BCUT2D eigenvalue weighted by molar-refractivity contribution is -0.136. The summed E-state index contributed by atoms with van der Waals surface area (Å²) >= 11 is 1.86. The second kappa shape index (κ2) is 8.40. The molecule has 2 aromatic rings. The van der Waals surface area contributed by atoms with E-state index in [-0.39, 0.29) is 18.0 Å². The highest BCUT2D eigenvalue weighted by atomic mass is 32.2. The first-order valence-electron chi connectivity index (χ1n) is 8.02. The van der Waals surface area contributed by atoms with Crippen molar-refractivity contribution in [1.82, 2.24) is 4.98 Å². The molecule has 11 heteroatoms. The normalized spacial score (nSPS) is 16.3. The zero-order chi connectivity index (χ0) is 20.3. The number of thiazole rings is 1. The Hall–Kier alpha value is -2.92. The van der Waals surface area contributed by atoms with Gasteiger partial charge in [-0.1, -0.05) is 12.1 Å². The molecular weight excluding hydrogens is 406 g/mol. The van der Waals surface area contributed by atoms with E-state index < -0.39 is 28.3 Å². The average Bonchev–Trinajstić information content (AvgIpc) is 3.18. The number of aromatic nitrogens is 1. The lowest BCUT2D eigenvalue weighted by Gasteiger charge is -2.16. The molecule has 0 saturated carbocycles. The SMILES string of the molecule is COc1ccccc1N1C(=O)SC(CC(=O)Nc2nc(CC(=O)O)cs2)C1=O. The minimum atomic E-state index is -1.02. The van der Waals surface area contributed by atoms with E-state index >= 15 is 0 Å². The molecule has 1 aromatic heterocycles. The van der Waals surface area contributed by atoms with E-state index in [2.05, 4.69) is 10.3 Å². The van der Waals surface area contributed by atoms with Crippen molar-refractivity contribution < 1.29 is 29.0 Å². The number of carbonyl (C=O) groups is 4. The predicted molar refractivity (Wildman–Crippen MR) is 104 cm³/mol. The summed E-state index contributed by atoms with van der Waals surface area (Å²) < 4.78 is 5.20. The van der Waals surface area contributed by atoms with E-state index in [4.69, 9.17) is 9.84 Å². The van der Waals surface area contributed by atoms with Gasteiger partial charge in [0.2, 0.25) is 11.8 Å². The molecule has 9 nitrogen and oxygen atoms in total. The van der Waals surface area contributed by atoms with Gasteiger partial charge in [0.05, 0.1) is 24.9 Å². The third-order valence-electron chi connectivity index (χ3n) is 3.75. The van der Waals surface area contributed by atoms with Crippen LogP contribution >= 0.6 is 23.1 Å². The van der Waals surface area contributed by atoms with Crippen LogP contribution in [0.25, 0.3) is 0 Å². The number of methoxy groups -OCH3 is 1. The predicted octanol–water partition coefficient (Wildman–Crippen LogP) is 2.38. The third-order valence-corrected chi connectivity index (χ3v) is 5.59. The van der Waals surface area contributed by atoms with Gasteiger partial charge in [0, 0.05) is 11.8 Å². The smallest absolute Gasteiger partial charge is 0.309 e. The van der Waals surface area contributed by atoms with Crippen LogP contribution in [0.3, 0.4) is 0 Å². The molecule has 0 radical (unpaired) electrons. The van der Waals surface area contributed by atoms with Gasteiger partial charge in [-0.25, -0.2) is 9.88 Å². The summed E-state index contributed by atoms with van der Waals surface area (Å²) in [4.78, 5) is 52.9. The summed E-state index contributed by atoms with van der Waals surface area (Å²) in [5.41, 5.74) is 0.658. The summed E-state index contributed by atoms with van der Waals surface area (Å²) in [6.45, 7) is 0. The van der Waals surface area contributed by atoms with Gasteiger partial charge in [-0.15, -0.1) is 11.3 Å². The van der Waals surface area contributed by atoms with Crippen LogP contribution in [0.1, 0.15) is 12.1 Å². The lowest BCUT2D eigenvalue weighted by Crippen LogP contribution is -2.33. The summed E-state index contributed by atoms with van der Waals surface area (Å²) in [6, 6.07) is 6.63. The highest BCUT2D eigenvalue weighted by molar-refractivity contribution is 8.15. The number of ether oxygens (including phenoxy) is 1. The van der Waals surface area contributed by atoms with Crippen molar-refractivity contribution in [2.75, 3.05) is 17.3 Å².